The molecule has 0 fully saturated rings. The molecule has 1 heterocycles. The van der Waals surface area contributed by atoms with Crippen molar-refractivity contribution in [3.8, 4) is 5.75 Å². The molecule has 0 saturated carbocycles. The smallest absolute Gasteiger partial charge is 0.267 e. The maximum atomic E-state index is 12.1. The summed E-state index contributed by atoms with van der Waals surface area (Å²) >= 11 is 1.41. The minimum Gasteiger partial charge on any atom is -0.494 e. The lowest BCUT2D eigenvalue weighted by atomic mass is 10.3. The van der Waals surface area contributed by atoms with E-state index in [-0.39, 0.29) is 5.91 Å². The van der Waals surface area contributed by atoms with Crippen LogP contribution in [0.5, 0.6) is 5.75 Å². The number of carbonyl (C=O) groups excluding carboxylic acids is 1. The molecule has 2 aromatic rings. The molecule has 19 heavy (non-hydrogen) atoms. The predicted octanol–water partition coefficient (Wildman–Crippen LogP) is 3.41. The lowest BCUT2D eigenvalue weighted by Gasteiger charge is -2.06. The van der Waals surface area contributed by atoms with Crippen LogP contribution >= 0.6 is 11.3 Å². The average molecular weight is 276 g/mol. The number of benzene rings is 1. The second-order valence-electron chi connectivity index (χ2n) is 4.06. The third-order valence-electron chi connectivity index (χ3n) is 2.53. The van der Waals surface area contributed by atoms with Crippen molar-refractivity contribution in [1.29, 1.82) is 0 Å². The molecule has 2 rings (SSSR count). The van der Waals surface area contributed by atoms with E-state index < -0.39 is 0 Å². The first-order chi connectivity index (χ1) is 9.10. The van der Waals surface area contributed by atoms with Gasteiger partial charge in [0, 0.05) is 5.69 Å². The van der Waals surface area contributed by atoms with Gasteiger partial charge in [-0.2, -0.15) is 0 Å². The van der Waals surface area contributed by atoms with E-state index in [1.54, 1.807) is 0 Å². The van der Waals surface area contributed by atoms with Gasteiger partial charge in [0.25, 0.3) is 5.91 Å². The summed E-state index contributed by atoms with van der Waals surface area (Å²) in [7, 11) is 0. The number of anilines is 1. The van der Waals surface area contributed by atoms with Gasteiger partial charge < -0.3 is 10.1 Å². The Balaban J connectivity index is 2.08. The zero-order valence-electron chi connectivity index (χ0n) is 11.2. The van der Waals surface area contributed by atoms with E-state index in [0.29, 0.717) is 11.5 Å². The van der Waals surface area contributed by atoms with E-state index in [0.717, 1.165) is 22.1 Å². The second kappa shape index (κ2) is 5.84. The van der Waals surface area contributed by atoms with Crippen LogP contribution in [0.15, 0.2) is 24.3 Å². The topological polar surface area (TPSA) is 51.2 Å². The molecule has 5 heteroatoms. The number of aryl methyl sites for hydroxylation is 2. The van der Waals surface area contributed by atoms with Crippen LogP contribution in [0.25, 0.3) is 0 Å². The van der Waals surface area contributed by atoms with Gasteiger partial charge in [-0.1, -0.05) is 0 Å². The highest BCUT2D eigenvalue weighted by atomic mass is 32.1. The fourth-order valence-corrected chi connectivity index (χ4v) is 2.55. The molecule has 1 aromatic carbocycles. The normalized spacial score (nSPS) is 10.3. The summed E-state index contributed by atoms with van der Waals surface area (Å²) in [6, 6.07) is 7.33. The Morgan fingerprint density at radius 1 is 1.32 bits per heavy atom. The zero-order chi connectivity index (χ0) is 13.8. The summed E-state index contributed by atoms with van der Waals surface area (Å²) < 4.78 is 5.35. The molecular formula is C14H16N2O2S. The van der Waals surface area contributed by atoms with E-state index >= 15 is 0 Å². The minimum absolute atomic E-state index is 0.118. The summed E-state index contributed by atoms with van der Waals surface area (Å²) in [6.07, 6.45) is 0. The van der Waals surface area contributed by atoms with E-state index in [1.165, 1.54) is 11.3 Å². The molecule has 0 aliphatic rings. The first-order valence-corrected chi connectivity index (χ1v) is 6.90. The average Bonchev–Trinajstić information content (AvgIpc) is 2.71. The maximum Gasteiger partial charge on any atom is 0.267 e. The highest BCUT2D eigenvalue weighted by Crippen LogP contribution is 2.20. The van der Waals surface area contributed by atoms with Gasteiger partial charge in [0.2, 0.25) is 0 Å². The Labute approximate surface area is 116 Å². The van der Waals surface area contributed by atoms with Crippen LogP contribution in [0.1, 0.15) is 27.3 Å². The molecule has 0 unspecified atom stereocenters. The van der Waals surface area contributed by atoms with Gasteiger partial charge in [-0.25, -0.2) is 4.98 Å². The SMILES string of the molecule is CCOc1ccc(NC(=O)c2sc(C)nc2C)cc1. The van der Waals surface area contributed by atoms with Crippen molar-refractivity contribution in [3.63, 3.8) is 0 Å². The van der Waals surface area contributed by atoms with Crippen LogP contribution in [-0.4, -0.2) is 17.5 Å². The monoisotopic (exact) mass is 276 g/mol. The molecule has 4 nitrogen and oxygen atoms in total. The number of ether oxygens (including phenoxy) is 1. The minimum atomic E-state index is -0.118. The number of amides is 1. The van der Waals surface area contributed by atoms with Crippen LogP contribution in [0, 0.1) is 13.8 Å². The molecule has 0 saturated heterocycles. The number of hydrogen-bond donors (Lipinski definition) is 1. The fourth-order valence-electron chi connectivity index (χ4n) is 1.73. The van der Waals surface area contributed by atoms with Crippen LogP contribution in [0.2, 0.25) is 0 Å². The number of nitrogens with one attached hydrogen (secondary N) is 1. The second-order valence-corrected chi connectivity index (χ2v) is 5.26. The Kier molecular flexibility index (Phi) is 4.16. The number of aromatic nitrogens is 1. The molecule has 0 spiro atoms. The van der Waals surface area contributed by atoms with E-state index in [4.69, 9.17) is 4.74 Å². The van der Waals surface area contributed by atoms with Crippen LogP contribution < -0.4 is 10.1 Å². The Morgan fingerprint density at radius 2 is 2.00 bits per heavy atom. The summed E-state index contributed by atoms with van der Waals surface area (Å²) in [4.78, 5) is 17.0. The molecule has 100 valence electrons. The molecule has 1 amide bonds. The molecule has 0 bridgehead atoms. The van der Waals surface area contributed by atoms with Crippen molar-refractivity contribution in [2.45, 2.75) is 20.8 Å². The van der Waals surface area contributed by atoms with E-state index in [1.807, 2.05) is 45.0 Å². The van der Waals surface area contributed by atoms with Gasteiger partial charge in [0.05, 0.1) is 17.3 Å². The van der Waals surface area contributed by atoms with Crippen molar-refractivity contribution in [1.82, 2.24) is 4.98 Å². The third-order valence-corrected chi connectivity index (χ3v) is 3.60. The quantitative estimate of drug-likeness (QED) is 0.931. The van der Waals surface area contributed by atoms with Gasteiger partial charge in [0.1, 0.15) is 10.6 Å². The van der Waals surface area contributed by atoms with Gasteiger partial charge in [-0.05, 0) is 45.0 Å². The molecule has 1 aromatic heterocycles. The Morgan fingerprint density at radius 3 is 2.53 bits per heavy atom. The van der Waals surface area contributed by atoms with Crippen molar-refractivity contribution in [3.05, 3.63) is 39.8 Å². The highest BCUT2D eigenvalue weighted by Gasteiger charge is 2.13. The standard InChI is InChI=1S/C14H16N2O2S/c1-4-18-12-7-5-11(6-8-12)16-14(17)13-9(2)15-10(3)19-13/h5-8H,4H2,1-3H3,(H,16,17). The van der Waals surface area contributed by atoms with E-state index in [9.17, 15) is 4.79 Å². The summed E-state index contributed by atoms with van der Waals surface area (Å²) in [5.74, 6) is 0.678. The molecule has 0 radical (unpaired) electrons. The van der Waals surface area contributed by atoms with Crippen molar-refractivity contribution in [2.75, 3.05) is 11.9 Å². The summed E-state index contributed by atoms with van der Waals surface area (Å²) in [6.45, 7) is 6.30. The molecule has 0 atom stereocenters. The molecule has 0 aliphatic carbocycles. The van der Waals surface area contributed by atoms with Crippen LogP contribution in [-0.2, 0) is 0 Å². The van der Waals surface area contributed by atoms with Gasteiger partial charge >= 0.3 is 0 Å². The third kappa shape index (κ3) is 3.32. The largest absolute Gasteiger partial charge is 0.494 e. The molecule has 0 aliphatic heterocycles. The first kappa shape index (κ1) is 13.5. The van der Waals surface area contributed by atoms with Crippen molar-refractivity contribution in [2.24, 2.45) is 0 Å². The Bertz CT molecular complexity index is 576. The summed E-state index contributed by atoms with van der Waals surface area (Å²) in [5.41, 5.74) is 1.52. The predicted molar refractivity (Wildman–Crippen MR) is 77.2 cm³/mol. The number of hydrogen-bond acceptors (Lipinski definition) is 4. The Hall–Kier alpha value is -1.88. The zero-order valence-corrected chi connectivity index (χ0v) is 12.0. The fraction of sp³-hybridized carbons (Fsp3) is 0.286. The maximum absolute atomic E-state index is 12.1. The number of nitrogens with zero attached hydrogens (tertiary/aromatic N) is 1. The van der Waals surface area contributed by atoms with Gasteiger partial charge in [-0.3, -0.25) is 4.79 Å². The lowest BCUT2D eigenvalue weighted by Crippen LogP contribution is -2.11. The highest BCUT2D eigenvalue weighted by molar-refractivity contribution is 7.13. The van der Waals surface area contributed by atoms with Crippen molar-refractivity contribution >= 4 is 22.9 Å². The van der Waals surface area contributed by atoms with Crippen LogP contribution in [0.3, 0.4) is 0 Å². The first-order valence-electron chi connectivity index (χ1n) is 6.08. The van der Waals surface area contributed by atoms with Gasteiger partial charge in [-0.15, -0.1) is 11.3 Å². The number of thiazole rings is 1. The number of rotatable bonds is 4. The van der Waals surface area contributed by atoms with E-state index in [2.05, 4.69) is 10.3 Å². The van der Waals surface area contributed by atoms with Gasteiger partial charge in [0.15, 0.2) is 0 Å². The number of carbonyl (C=O) groups is 1. The lowest BCUT2D eigenvalue weighted by molar-refractivity contribution is 0.103. The molecule has 1 N–H and O–H groups in total. The van der Waals surface area contributed by atoms with Crippen molar-refractivity contribution < 1.29 is 9.53 Å². The summed E-state index contributed by atoms with van der Waals surface area (Å²) in [5, 5.41) is 3.76. The van der Waals surface area contributed by atoms with Crippen LogP contribution in [0.4, 0.5) is 5.69 Å². The molecular weight excluding hydrogens is 260 g/mol.